The summed E-state index contributed by atoms with van der Waals surface area (Å²) in [6.45, 7) is 3.01. The molecule has 1 aromatic heterocycles. The molecule has 1 aromatic rings. The average molecular weight is 513 g/mol. The molecule has 0 radical (unpaired) electrons. The number of aromatic nitrogens is 2. The summed E-state index contributed by atoms with van der Waals surface area (Å²) >= 11 is 0. The minimum atomic E-state index is -4.38. The number of halogens is 4. The molecule has 3 aliphatic rings. The average Bonchev–Trinajstić information content (AvgIpc) is 2.83. The standard InChI is InChI=1S/C25H32F4N4O3/c1-15-10-18(6-7-19(15)25(27,28)29)20-13-36-9-8-33(20)24-22(26)23(31-14-32-24)30-12-17-4-2-16(3-5-17)11-21(34)35/h6-7,14-17,20H,2-5,8-13H2,1H3,(H,34,35)(H,30,31,32). The van der Waals surface area contributed by atoms with E-state index in [9.17, 15) is 18.0 Å². The summed E-state index contributed by atoms with van der Waals surface area (Å²) in [6, 6.07) is -0.422. The molecule has 0 spiro atoms. The molecule has 2 fully saturated rings. The molecule has 4 rings (SSSR count). The molecule has 0 amide bonds. The zero-order valence-corrected chi connectivity index (χ0v) is 20.2. The van der Waals surface area contributed by atoms with Crippen LogP contribution in [0.3, 0.4) is 0 Å². The van der Waals surface area contributed by atoms with Crippen LogP contribution < -0.4 is 10.2 Å². The number of carboxylic acids is 1. The maximum Gasteiger partial charge on any atom is 0.412 e. The van der Waals surface area contributed by atoms with E-state index in [1.165, 1.54) is 12.4 Å². The van der Waals surface area contributed by atoms with E-state index in [1.54, 1.807) is 11.8 Å². The van der Waals surface area contributed by atoms with Crippen molar-refractivity contribution in [2.75, 3.05) is 36.5 Å². The van der Waals surface area contributed by atoms with Crippen molar-refractivity contribution < 1.29 is 32.2 Å². The SMILES string of the molecule is CC1CC(C2COCCN2c2ncnc(NCC3CCC(CC(=O)O)CC3)c2F)=CC=C1C(F)(F)F. The quantitative estimate of drug-likeness (QED) is 0.499. The van der Waals surface area contributed by atoms with Crippen LogP contribution in [0.5, 0.6) is 0 Å². The van der Waals surface area contributed by atoms with Gasteiger partial charge in [-0.3, -0.25) is 4.79 Å². The number of carboxylic acid groups (broad SMARTS) is 1. The highest BCUT2D eigenvalue weighted by Gasteiger charge is 2.40. The van der Waals surface area contributed by atoms with Gasteiger partial charge in [0.15, 0.2) is 11.6 Å². The Hall–Kier alpha value is -2.69. The number of hydrogen-bond acceptors (Lipinski definition) is 6. The highest BCUT2D eigenvalue weighted by Crippen LogP contribution is 2.39. The summed E-state index contributed by atoms with van der Waals surface area (Å²) in [4.78, 5) is 20.9. The third-order valence-electron chi connectivity index (χ3n) is 7.46. The van der Waals surface area contributed by atoms with Crippen LogP contribution in [0.4, 0.5) is 29.2 Å². The van der Waals surface area contributed by atoms with Crippen LogP contribution in [0, 0.1) is 23.6 Å². The Morgan fingerprint density at radius 3 is 2.58 bits per heavy atom. The first-order valence-corrected chi connectivity index (χ1v) is 12.4. The number of alkyl halides is 3. The van der Waals surface area contributed by atoms with Gasteiger partial charge in [-0.15, -0.1) is 0 Å². The first-order valence-electron chi connectivity index (χ1n) is 12.4. The number of rotatable bonds is 7. The maximum absolute atomic E-state index is 15.5. The second-order valence-corrected chi connectivity index (χ2v) is 9.98. The predicted octanol–water partition coefficient (Wildman–Crippen LogP) is 4.97. The van der Waals surface area contributed by atoms with Gasteiger partial charge in [0.2, 0.25) is 5.82 Å². The zero-order valence-electron chi connectivity index (χ0n) is 20.2. The molecule has 2 N–H and O–H groups in total. The van der Waals surface area contributed by atoms with E-state index in [0.717, 1.165) is 37.3 Å². The van der Waals surface area contributed by atoms with Crippen LogP contribution in [-0.4, -0.2) is 59.6 Å². The summed E-state index contributed by atoms with van der Waals surface area (Å²) < 4.78 is 60.9. The van der Waals surface area contributed by atoms with Crippen molar-refractivity contribution >= 4 is 17.6 Å². The lowest BCUT2D eigenvalue weighted by Gasteiger charge is -2.39. The van der Waals surface area contributed by atoms with Gasteiger partial charge < -0.3 is 20.1 Å². The summed E-state index contributed by atoms with van der Waals surface area (Å²) in [5.74, 6) is -1.39. The number of carbonyl (C=O) groups is 1. The third kappa shape index (κ3) is 6.16. The fourth-order valence-electron chi connectivity index (χ4n) is 5.49. The van der Waals surface area contributed by atoms with E-state index in [-0.39, 0.29) is 37.0 Å². The smallest absolute Gasteiger partial charge is 0.412 e. The molecule has 2 aliphatic carbocycles. The topological polar surface area (TPSA) is 87.6 Å². The van der Waals surface area contributed by atoms with E-state index >= 15 is 4.39 Å². The molecule has 0 bridgehead atoms. The number of allylic oxidation sites excluding steroid dienone is 3. The van der Waals surface area contributed by atoms with Crippen LogP contribution >= 0.6 is 0 Å². The Morgan fingerprint density at radius 2 is 1.92 bits per heavy atom. The Morgan fingerprint density at radius 1 is 1.19 bits per heavy atom. The predicted molar refractivity (Wildman–Crippen MR) is 126 cm³/mol. The minimum Gasteiger partial charge on any atom is -0.481 e. The molecule has 1 saturated carbocycles. The normalized spacial score (nSPS) is 27.3. The first kappa shape index (κ1) is 26.4. The van der Waals surface area contributed by atoms with Crippen molar-refractivity contribution in [2.24, 2.45) is 17.8 Å². The molecule has 1 saturated heterocycles. The lowest BCUT2D eigenvalue weighted by molar-refractivity contribution is -0.138. The van der Waals surface area contributed by atoms with Gasteiger partial charge in [0.1, 0.15) is 6.33 Å². The second kappa shape index (κ2) is 11.1. The summed E-state index contributed by atoms with van der Waals surface area (Å²) in [7, 11) is 0. The van der Waals surface area contributed by atoms with Crippen LogP contribution in [0.1, 0.15) is 45.4 Å². The van der Waals surface area contributed by atoms with Gasteiger partial charge in [0.25, 0.3) is 0 Å². The molecule has 1 aliphatic heterocycles. The molecule has 7 nitrogen and oxygen atoms in total. The number of morpholine rings is 1. The number of hydrogen-bond donors (Lipinski definition) is 2. The Kier molecular flexibility index (Phi) is 8.17. The van der Waals surface area contributed by atoms with Gasteiger partial charge in [0, 0.05) is 25.1 Å². The molecule has 0 aromatic carbocycles. The maximum atomic E-state index is 15.5. The van der Waals surface area contributed by atoms with Gasteiger partial charge >= 0.3 is 12.1 Å². The number of ether oxygens (including phenoxy) is 1. The fraction of sp³-hybridized carbons (Fsp3) is 0.640. The number of nitrogens with one attached hydrogen (secondary N) is 1. The lowest BCUT2D eigenvalue weighted by atomic mass is 9.80. The monoisotopic (exact) mass is 512 g/mol. The van der Waals surface area contributed by atoms with Gasteiger partial charge in [-0.25, -0.2) is 9.97 Å². The van der Waals surface area contributed by atoms with Gasteiger partial charge in [-0.2, -0.15) is 17.6 Å². The molecule has 11 heteroatoms. The van der Waals surface area contributed by atoms with Crippen molar-refractivity contribution in [3.63, 3.8) is 0 Å². The minimum absolute atomic E-state index is 0.0862. The van der Waals surface area contributed by atoms with Crippen LogP contribution in [0.2, 0.25) is 0 Å². The van der Waals surface area contributed by atoms with Crippen molar-refractivity contribution in [3.05, 3.63) is 35.4 Å². The van der Waals surface area contributed by atoms with E-state index in [0.29, 0.717) is 25.6 Å². The van der Waals surface area contributed by atoms with Crippen LogP contribution in [0.25, 0.3) is 0 Å². The number of nitrogens with zero attached hydrogens (tertiary/aromatic N) is 3. The first-order chi connectivity index (χ1) is 17.1. The van der Waals surface area contributed by atoms with Crippen molar-refractivity contribution in [1.82, 2.24) is 9.97 Å². The Balaban J connectivity index is 1.45. The van der Waals surface area contributed by atoms with Crippen molar-refractivity contribution in [2.45, 2.75) is 57.7 Å². The molecule has 2 unspecified atom stereocenters. The Bertz CT molecular complexity index is 1010. The van der Waals surface area contributed by atoms with E-state index in [2.05, 4.69) is 15.3 Å². The van der Waals surface area contributed by atoms with E-state index in [4.69, 9.17) is 9.84 Å². The summed E-state index contributed by atoms with van der Waals surface area (Å²) in [5.41, 5.74) is 0.187. The molecular formula is C25H32F4N4O3. The second-order valence-electron chi connectivity index (χ2n) is 9.98. The molecular weight excluding hydrogens is 480 g/mol. The molecule has 2 atom stereocenters. The van der Waals surface area contributed by atoms with Crippen molar-refractivity contribution in [1.29, 1.82) is 0 Å². The van der Waals surface area contributed by atoms with Crippen LogP contribution in [0.15, 0.2) is 29.6 Å². The molecule has 2 heterocycles. The summed E-state index contributed by atoms with van der Waals surface area (Å²) in [6.07, 6.45) is 3.32. The van der Waals surface area contributed by atoms with E-state index < -0.39 is 35.5 Å². The lowest BCUT2D eigenvalue weighted by Crippen LogP contribution is -2.48. The number of anilines is 2. The van der Waals surface area contributed by atoms with Gasteiger partial charge in [-0.05, 0) is 55.4 Å². The van der Waals surface area contributed by atoms with Gasteiger partial charge in [0.05, 0.1) is 19.3 Å². The largest absolute Gasteiger partial charge is 0.481 e. The van der Waals surface area contributed by atoms with E-state index in [1.807, 2.05) is 0 Å². The van der Waals surface area contributed by atoms with Crippen molar-refractivity contribution in [3.8, 4) is 0 Å². The Labute approximate surface area is 207 Å². The highest BCUT2D eigenvalue weighted by atomic mass is 19.4. The third-order valence-corrected chi connectivity index (χ3v) is 7.46. The van der Waals surface area contributed by atoms with Gasteiger partial charge in [-0.1, -0.05) is 19.1 Å². The number of aliphatic carboxylic acids is 1. The van der Waals surface area contributed by atoms with Crippen LogP contribution in [-0.2, 0) is 9.53 Å². The highest BCUT2D eigenvalue weighted by molar-refractivity contribution is 5.67. The zero-order chi connectivity index (χ0) is 25.9. The summed E-state index contributed by atoms with van der Waals surface area (Å²) in [5, 5.41) is 12.1. The molecule has 36 heavy (non-hydrogen) atoms. The fourth-order valence-corrected chi connectivity index (χ4v) is 5.49. The molecule has 198 valence electrons.